The summed E-state index contributed by atoms with van der Waals surface area (Å²) in [6.45, 7) is 5.09. The number of fused-ring (bicyclic) bond motifs is 3. The zero-order valence-electron chi connectivity index (χ0n) is 15.0. The van der Waals surface area contributed by atoms with E-state index in [9.17, 15) is 9.59 Å². The minimum Gasteiger partial charge on any atom is -0.326 e. The van der Waals surface area contributed by atoms with Gasteiger partial charge in [-0.2, -0.15) is 5.10 Å². The number of hydrogen-bond acceptors (Lipinski definition) is 4. The lowest BCUT2D eigenvalue weighted by molar-refractivity contribution is -0.117. The van der Waals surface area contributed by atoms with Crippen molar-refractivity contribution in [3.63, 3.8) is 0 Å². The van der Waals surface area contributed by atoms with Crippen LogP contribution < -0.4 is 5.32 Å². The zero-order valence-corrected chi connectivity index (χ0v) is 15.0. The Hall–Kier alpha value is -3.16. The van der Waals surface area contributed by atoms with Crippen LogP contribution in [-0.2, 0) is 18.4 Å². The van der Waals surface area contributed by atoms with Gasteiger partial charge in [-0.05, 0) is 31.5 Å². The van der Waals surface area contributed by atoms with Gasteiger partial charge in [-0.15, -0.1) is 0 Å². The van der Waals surface area contributed by atoms with Gasteiger partial charge in [0, 0.05) is 37.4 Å². The summed E-state index contributed by atoms with van der Waals surface area (Å²) in [6.07, 6.45) is 3.29. The van der Waals surface area contributed by atoms with Crippen molar-refractivity contribution in [1.29, 1.82) is 0 Å². The first kappa shape index (κ1) is 16.3. The van der Waals surface area contributed by atoms with Crippen molar-refractivity contribution in [3.8, 4) is 0 Å². The maximum atomic E-state index is 12.9. The standard InChI is InChI=1S/C18H20N6O2/c1-11-6-12(2)20-17-14(11)7-15-18(26)23(4-5-24(15)17)10-16(25)21-13-8-19-22(3)9-13/h6-9H,4-5,10H2,1-3H3,(H,21,25). The molecule has 0 radical (unpaired) electrons. The van der Waals surface area contributed by atoms with E-state index in [0.29, 0.717) is 24.5 Å². The summed E-state index contributed by atoms with van der Waals surface area (Å²) in [4.78, 5) is 31.3. The van der Waals surface area contributed by atoms with E-state index in [1.165, 1.54) is 0 Å². The van der Waals surface area contributed by atoms with E-state index in [4.69, 9.17) is 0 Å². The van der Waals surface area contributed by atoms with E-state index in [0.717, 1.165) is 22.3 Å². The molecule has 0 bridgehead atoms. The normalized spacial score (nSPS) is 14.0. The maximum Gasteiger partial charge on any atom is 0.271 e. The molecule has 0 atom stereocenters. The molecular weight excluding hydrogens is 332 g/mol. The third-order valence-corrected chi connectivity index (χ3v) is 4.62. The number of aromatic nitrogens is 4. The second kappa shape index (κ2) is 5.98. The number of carbonyl (C=O) groups excluding carboxylic acids is 2. The first-order chi connectivity index (χ1) is 12.4. The summed E-state index contributed by atoms with van der Waals surface area (Å²) >= 11 is 0. The number of hydrogen-bond donors (Lipinski definition) is 1. The van der Waals surface area contributed by atoms with E-state index in [1.807, 2.05) is 30.5 Å². The first-order valence-electron chi connectivity index (χ1n) is 8.47. The molecule has 0 spiro atoms. The van der Waals surface area contributed by atoms with Crippen molar-refractivity contribution < 1.29 is 9.59 Å². The maximum absolute atomic E-state index is 12.9. The van der Waals surface area contributed by atoms with Crippen LogP contribution in [0.15, 0.2) is 24.5 Å². The number of pyridine rings is 1. The van der Waals surface area contributed by atoms with Gasteiger partial charge in [-0.1, -0.05) is 0 Å². The number of amides is 2. The van der Waals surface area contributed by atoms with Gasteiger partial charge in [0.1, 0.15) is 17.9 Å². The molecule has 0 fully saturated rings. The highest BCUT2D eigenvalue weighted by atomic mass is 16.2. The van der Waals surface area contributed by atoms with E-state index in [1.54, 1.807) is 29.0 Å². The highest BCUT2D eigenvalue weighted by Gasteiger charge is 2.28. The van der Waals surface area contributed by atoms with Crippen molar-refractivity contribution in [1.82, 2.24) is 24.2 Å². The van der Waals surface area contributed by atoms with Gasteiger partial charge >= 0.3 is 0 Å². The van der Waals surface area contributed by atoms with Gasteiger partial charge in [-0.3, -0.25) is 14.3 Å². The smallest absolute Gasteiger partial charge is 0.271 e. The highest BCUT2D eigenvalue weighted by molar-refractivity contribution is 6.02. The minimum absolute atomic E-state index is 0.0146. The Morgan fingerprint density at radius 3 is 2.81 bits per heavy atom. The number of rotatable bonds is 3. The SMILES string of the molecule is Cc1cc(C)c2cc3n(c2n1)CCN(CC(=O)Nc1cnn(C)c1)C3=O. The minimum atomic E-state index is -0.235. The van der Waals surface area contributed by atoms with Crippen molar-refractivity contribution in [3.05, 3.63) is 41.5 Å². The summed E-state index contributed by atoms with van der Waals surface area (Å²) < 4.78 is 3.56. The fourth-order valence-corrected chi connectivity index (χ4v) is 3.44. The van der Waals surface area contributed by atoms with Crippen LogP contribution in [0.4, 0.5) is 5.69 Å². The lowest BCUT2D eigenvalue weighted by atomic mass is 10.2. The van der Waals surface area contributed by atoms with E-state index < -0.39 is 0 Å². The topological polar surface area (TPSA) is 85.1 Å². The molecular formula is C18H20N6O2. The van der Waals surface area contributed by atoms with Crippen LogP contribution in [0, 0.1) is 13.8 Å². The fraction of sp³-hybridized carbons (Fsp3) is 0.333. The Morgan fingerprint density at radius 2 is 2.08 bits per heavy atom. The molecule has 4 rings (SSSR count). The number of carbonyl (C=O) groups is 2. The fourth-order valence-electron chi connectivity index (χ4n) is 3.44. The molecule has 3 aromatic rings. The summed E-state index contributed by atoms with van der Waals surface area (Å²) in [5, 5.41) is 7.76. The van der Waals surface area contributed by atoms with Crippen LogP contribution >= 0.6 is 0 Å². The van der Waals surface area contributed by atoms with Gasteiger partial charge in [0.25, 0.3) is 5.91 Å². The number of nitrogens with zero attached hydrogens (tertiary/aromatic N) is 5. The Labute approximate surface area is 150 Å². The van der Waals surface area contributed by atoms with Crippen molar-refractivity contribution in [2.45, 2.75) is 20.4 Å². The van der Waals surface area contributed by atoms with Crippen molar-refractivity contribution >= 4 is 28.5 Å². The van der Waals surface area contributed by atoms with Crippen molar-refractivity contribution in [2.75, 3.05) is 18.4 Å². The summed E-state index contributed by atoms with van der Waals surface area (Å²) in [6, 6.07) is 3.89. The van der Waals surface area contributed by atoms with E-state index in [-0.39, 0.29) is 18.4 Å². The molecule has 134 valence electrons. The number of nitrogens with one attached hydrogen (secondary N) is 1. The lowest BCUT2D eigenvalue weighted by Gasteiger charge is -2.27. The first-order valence-corrected chi connectivity index (χ1v) is 8.47. The molecule has 1 aliphatic rings. The molecule has 0 aromatic carbocycles. The second-order valence-corrected chi connectivity index (χ2v) is 6.68. The van der Waals surface area contributed by atoms with Gasteiger partial charge in [0.15, 0.2) is 0 Å². The molecule has 1 aliphatic heterocycles. The van der Waals surface area contributed by atoms with Crippen LogP contribution in [0.25, 0.3) is 11.0 Å². The molecule has 4 heterocycles. The third-order valence-electron chi connectivity index (χ3n) is 4.62. The van der Waals surface area contributed by atoms with Crippen LogP contribution in [0.5, 0.6) is 0 Å². The van der Waals surface area contributed by atoms with Gasteiger partial charge in [-0.25, -0.2) is 4.98 Å². The predicted molar refractivity (Wildman–Crippen MR) is 96.9 cm³/mol. The molecule has 26 heavy (non-hydrogen) atoms. The molecule has 8 heteroatoms. The molecule has 0 aliphatic carbocycles. The van der Waals surface area contributed by atoms with Crippen molar-refractivity contribution in [2.24, 2.45) is 7.05 Å². The molecule has 1 N–H and O–H groups in total. The number of aryl methyl sites for hydroxylation is 3. The molecule has 2 amide bonds. The Morgan fingerprint density at radius 1 is 1.27 bits per heavy atom. The van der Waals surface area contributed by atoms with Gasteiger partial charge in [0.05, 0.1) is 11.9 Å². The van der Waals surface area contributed by atoms with E-state index >= 15 is 0 Å². The molecule has 0 saturated carbocycles. The molecule has 3 aromatic heterocycles. The Balaban J connectivity index is 1.56. The summed E-state index contributed by atoms with van der Waals surface area (Å²) in [5.41, 5.74) is 4.07. The molecule has 0 unspecified atom stereocenters. The predicted octanol–water partition coefficient (Wildman–Crippen LogP) is 1.48. The van der Waals surface area contributed by atoms with Crippen LogP contribution in [0.2, 0.25) is 0 Å². The monoisotopic (exact) mass is 352 g/mol. The summed E-state index contributed by atoms with van der Waals surface area (Å²) in [5.74, 6) is -0.381. The zero-order chi connectivity index (χ0) is 18.4. The average Bonchev–Trinajstić information content (AvgIpc) is 3.14. The summed E-state index contributed by atoms with van der Waals surface area (Å²) in [7, 11) is 1.78. The number of anilines is 1. The second-order valence-electron chi connectivity index (χ2n) is 6.68. The molecule has 8 nitrogen and oxygen atoms in total. The average molecular weight is 352 g/mol. The van der Waals surface area contributed by atoms with Crippen LogP contribution in [0.1, 0.15) is 21.7 Å². The Bertz CT molecular complexity index is 1030. The highest BCUT2D eigenvalue weighted by Crippen LogP contribution is 2.25. The van der Waals surface area contributed by atoms with Crippen LogP contribution in [0.3, 0.4) is 0 Å². The molecule has 0 saturated heterocycles. The van der Waals surface area contributed by atoms with Gasteiger partial charge < -0.3 is 14.8 Å². The quantitative estimate of drug-likeness (QED) is 0.774. The largest absolute Gasteiger partial charge is 0.326 e. The third kappa shape index (κ3) is 2.73. The lowest BCUT2D eigenvalue weighted by Crippen LogP contribution is -2.44. The van der Waals surface area contributed by atoms with Gasteiger partial charge in [0.2, 0.25) is 5.91 Å². The van der Waals surface area contributed by atoms with Crippen LogP contribution in [-0.4, -0.2) is 49.1 Å². The Kier molecular flexibility index (Phi) is 3.75. The van der Waals surface area contributed by atoms with E-state index in [2.05, 4.69) is 15.4 Å².